The number of rotatable bonds is 2. The van der Waals surface area contributed by atoms with Crippen LogP contribution in [0.3, 0.4) is 0 Å². The Morgan fingerprint density at radius 1 is 1.24 bits per heavy atom. The van der Waals surface area contributed by atoms with Crippen LogP contribution in [-0.4, -0.2) is 14.8 Å². The molecule has 0 radical (unpaired) electrons. The summed E-state index contributed by atoms with van der Waals surface area (Å²) in [6, 6.07) is 3.40. The highest BCUT2D eigenvalue weighted by molar-refractivity contribution is 5.42. The molecule has 0 aliphatic carbocycles. The first-order chi connectivity index (χ1) is 7.97. The highest BCUT2D eigenvalue weighted by atomic mass is 19.4. The van der Waals surface area contributed by atoms with Crippen molar-refractivity contribution in [3.8, 4) is 0 Å². The number of nitrogens with two attached hydrogens (primary N) is 1. The number of hydrogen-bond acceptors (Lipinski definition) is 3. The fourth-order valence-corrected chi connectivity index (χ4v) is 1.41. The zero-order valence-electron chi connectivity index (χ0n) is 8.65. The molecule has 2 heterocycles. The first kappa shape index (κ1) is 11.4. The number of nitrogen functional groups attached to an aromatic ring is 1. The maximum atomic E-state index is 12.4. The lowest BCUT2D eigenvalue weighted by Gasteiger charge is -2.03. The van der Waals surface area contributed by atoms with E-state index in [1.807, 2.05) is 0 Å². The van der Waals surface area contributed by atoms with Crippen LogP contribution in [0, 0.1) is 0 Å². The molecule has 0 saturated heterocycles. The SMILES string of the molecule is Nc1cn(Cc2ccncc2)nc1C(F)(F)F. The lowest BCUT2D eigenvalue weighted by molar-refractivity contribution is -0.140. The first-order valence-electron chi connectivity index (χ1n) is 4.76. The van der Waals surface area contributed by atoms with E-state index in [9.17, 15) is 13.2 Å². The number of nitrogens with zero attached hydrogens (tertiary/aromatic N) is 3. The molecule has 0 spiro atoms. The zero-order valence-corrected chi connectivity index (χ0v) is 8.65. The minimum atomic E-state index is -4.52. The van der Waals surface area contributed by atoms with Crippen LogP contribution in [0.25, 0.3) is 0 Å². The van der Waals surface area contributed by atoms with Crippen molar-refractivity contribution >= 4 is 5.69 Å². The van der Waals surface area contributed by atoms with Gasteiger partial charge in [0.15, 0.2) is 5.69 Å². The number of halogens is 3. The van der Waals surface area contributed by atoms with Crippen LogP contribution in [0.2, 0.25) is 0 Å². The summed E-state index contributed by atoms with van der Waals surface area (Å²) < 4.78 is 38.5. The van der Waals surface area contributed by atoms with Gasteiger partial charge in [-0.3, -0.25) is 9.67 Å². The van der Waals surface area contributed by atoms with Crippen LogP contribution >= 0.6 is 0 Å². The van der Waals surface area contributed by atoms with Gasteiger partial charge in [0.1, 0.15) is 0 Å². The van der Waals surface area contributed by atoms with Gasteiger partial charge in [-0.2, -0.15) is 18.3 Å². The number of aromatic nitrogens is 3. The molecule has 2 aromatic heterocycles. The second-order valence-corrected chi connectivity index (χ2v) is 3.48. The standard InChI is InChI=1S/C10H9F3N4/c11-10(12,13)9-8(14)6-17(16-9)5-7-1-3-15-4-2-7/h1-4,6H,5,14H2. The molecule has 0 aliphatic rings. The van der Waals surface area contributed by atoms with Crippen LogP contribution in [-0.2, 0) is 12.7 Å². The highest BCUT2D eigenvalue weighted by Gasteiger charge is 2.36. The molecule has 0 bridgehead atoms. The van der Waals surface area contributed by atoms with Gasteiger partial charge in [-0.15, -0.1) is 0 Å². The minimum absolute atomic E-state index is 0.225. The highest BCUT2D eigenvalue weighted by Crippen LogP contribution is 2.31. The van der Waals surface area contributed by atoms with E-state index in [2.05, 4.69) is 10.1 Å². The molecule has 0 fully saturated rings. The van der Waals surface area contributed by atoms with E-state index in [4.69, 9.17) is 5.73 Å². The predicted octanol–water partition coefficient (Wildman–Crippen LogP) is 1.93. The molecule has 2 rings (SSSR count). The number of alkyl halides is 3. The van der Waals surface area contributed by atoms with E-state index in [1.165, 1.54) is 6.20 Å². The molecule has 2 aromatic rings. The normalized spacial score (nSPS) is 11.7. The predicted molar refractivity (Wildman–Crippen MR) is 55.0 cm³/mol. The van der Waals surface area contributed by atoms with E-state index in [0.29, 0.717) is 0 Å². The third-order valence-electron chi connectivity index (χ3n) is 2.15. The second-order valence-electron chi connectivity index (χ2n) is 3.48. The van der Waals surface area contributed by atoms with Crippen molar-refractivity contribution in [3.63, 3.8) is 0 Å². The van der Waals surface area contributed by atoms with Gasteiger partial charge >= 0.3 is 6.18 Å². The summed E-state index contributed by atoms with van der Waals surface area (Å²) in [4.78, 5) is 3.81. The van der Waals surface area contributed by atoms with Gasteiger partial charge in [0.25, 0.3) is 0 Å². The molecule has 7 heteroatoms. The van der Waals surface area contributed by atoms with Crippen molar-refractivity contribution in [2.45, 2.75) is 12.7 Å². The minimum Gasteiger partial charge on any atom is -0.396 e. The van der Waals surface area contributed by atoms with Gasteiger partial charge in [-0.1, -0.05) is 0 Å². The quantitative estimate of drug-likeness (QED) is 0.875. The van der Waals surface area contributed by atoms with Crippen molar-refractivity contribution < 1.29 is 13.2 Å². The average Bonchev–Trinajstić information content (AvgIpc) is 2.60. The topological polar surface area (TPSA) is 56.7 Å². The fraction of sp³-hybridized carbons (Fsp3) is 0.200. The maximum absolute atomic E-state index is 12.4. The third kappa shape index (κ3) is 2.55. The zero-order chi connectivity index (χ0) is 12.5. The summed E-state index contributed by atoms with van der Waals surface area (Å²) >= 11 is 0. The van der Waals surface area contributed by atoms with Gasteiger partial charge in [0.05, 0.1) is 12.2 Å². The van der Waals surface area contributed by atoms with Gasteiger partial charge in [0, 0.05) is 18.6 Å². The molecule has 4 nitrogen and oxygen atoms in total. The van der Waals surface area contributed by atoms with E-state index >= 15 is 0 Å². The molecule has 0 saturated carbocycles. The molecule has 0 aliphatic heterocycles. The van der Waals surface area contributed by atoms with Crippen LogP contribution in [0.15, 0.2) is 30.7 Å². The smallest absolute Gasteiger partial charge is 0.396 e. The summed E-state index contributed by atoms with van der Waals surface area (Å²) in [5.74, 6) is 0. The van der Waals surface area contributed by atoms with Gasteiger partial charge in [-0.05, 0) is 17.7 Å². The Balaban J connectivity index is 2.24. The summed E-state index contributed by atoms with van der Waals surface area (Å²) in [5, 5.41) is 3.42. The Kier molecular flexibility index (Phi) is 2.74. The lowest BCUT2D eigenvalue weighted by atomic mass is 10.3. The van der Waals surface area contributed by atoms with Crippen molar-refractivity contribution in [2.75, 3.05) is 5.73 Å². The van der Waals surface area contributed by atoms with Gasteiger partial charge < -0.3 is 5.73 Å². The average molecular weight is 242 g/mol. The molecule has 17 heavy (non-hydrogen) atoms. The van der Waals surface area contributed by atoms with Crippen molar-refractivity contribution in [3.05, 3.63) is 42.0 Å². The van der Waals surface area contributed by atoms with E-state index in [0.717, 1.165) is 10.2 Å². The summed E-state index contributed by atoms with van der Waals surface area (Å²) in [6.07, 6.45) is -0.226. The fourth-order valence-electron chi connectivity index (χ4n) is 1.41. The van der Waals surface area contributed by atoms with Crippen LogP contribution in [0.4, 0.5) is 18.9 Å². The molecule has 90 valence electrons. The lowest BCUT2D eigenvalue weighted by Crippen LogP contribution is -2.10. The molecular formula is C10H9F3N4. The Labute approximate surface area is 94.9 Å². The molecule has 0 atom stereocenters. The Morgan fingerprint density at radius 3 is 2.41 bits per heavy atom. The monoisotopic (exact) mass is 242 g/mol. The number of hydrogen-bond donors (Lipinski definition) is 1. The maximum Gasteiger partial charge on any atom is 0.437 e. The molecule has 0 amide bonds. The Bertz CT molecular complexity index is 504. The Morgan fingerprint density at radius 2 is 1.88 bits per heavy atom. The van der Waals surface area contributed by atoms with Crippen LogP contribution in [0.1, 0.15) is 11.3 Å². The number of anilines is 1. The van der Waals surface area contributed by atoms with Crippen LogP contribution < -0.4 is 5.73 Å². The molecule has 0 aromatic carbocycles. The van der Waals surface area contributed by atoms with Gasteiger partial charge in [0.2, 0.25) is 0 Å². The summed E-state index contributed by atoms with van der Waals surface area (Å²) in [7, 11) is 0. The van der Waals surface area contributed by atoms with Crippen molar-refractivity contribution in [1.29, 1.82) is 0 Å². The second kappa shape index (κ2) is 4.08. The number of pyridine rings is 1. The largest absolute Gasteiger partial charge is 0.437 e. The third-order valence-corrected chi connectivity index (χ3v) is 2.15. The van der Waals surface area contributed by atoms with Crippen molar-refractivity contribution in [2.24, 2.45) is 0 Å². The van der Waals surface area contributed by atoms with Crippen molar-refractivity contribution in [1.82, 2.24) is 14.8 Å². The molecular weight excluding hydrogens is 233 g/mol. The van der Waals surface area contributed by atoms with E-state index < -0.39 is 11.9 Å². The molecule has 0 unspecified atom stereocenters. The Hall–Kier alpha value is -2.05. The van der Waals surface area contributed by atoms with Crippen LogP contribution in [0.5, 0.6) is 0 Å². The molecule has 2 N–H and O–H groups in total. The summed E-state index contributed by atoms with van der Waals surface area (Å²) in [6.45, 7) is 0.225. The van der Waals surface area contributed by atoms with Gasteiger partial charge in [-0.25, -0.2) is 0 Å². The first-order valence-corrected chi connectivity index (χ1v) is 4.76. The van der Waals surface area contributed by atoms with E-state index in [1.54, 1.807) is 24.5 Å². The van der Waals surface area contributed by atoms with E-state index in [-0.39, 0.29) is 12.2 Å². The summed E-state index contributed by atoms with van der Waals surface area (Å²) in [5.41, 5.74) is 4.65.